The molecular formula is C11H16N2O3. The lowest BCUT2D eigenvalue weighted by molar-refractivity contribution is -0.117. The Hall–Kier alpha value is -1.75. The van der Waals surface area contributed by atoms with E-state index in [-0.39, 0.29) is 5.91 Å². The second kappa shape index (κ2) is 5.97. The minimum absolute atomic E-state index is 0.126. The van der Waals surface area contributed by atoms with E-state index in [4.69, 9.17) is 15.2 Å². The molecule has 1 amide bonds. The van der Waals surface area contributed by atoms with Crippen LogP contribution in [-0.4, -0.2) is 26.7 Å². The monoisotopic (exact) mass is 224 g/mol. The van der Waals surface area contributed by atoms with E-state index in [1.807, 2.05) is 0 Å². The van der Waals surface area contributed by atoms with Crippen LogP contribution < -0.4 is 15.8 Å². The number of nitrogens with two attached hydrogens (primary N) is 1. The summed E-state index contributed by atoms with van der Waals surface area (Å²) < 4.78 is 9.81. The van der Waals surface area contributed by atoms with Crippen molar-refractivity contribution in [2.24, 2.45) is 0 Å². The number of rotatable bonds is 5. The number of nitrogens with one attached hydrogen (secondary N) is 1. The molecule has 0 spiro atoms. The van der Waals surface area contributed by atoms with Gasteiger partial charge < -0.3 is 20.5 Å². The number of nitrogen functional groups attached to an aromatic ring is 1. The maximum absolute atomic E-state index is 11.4. The number of hydrogen-bond acceptors (Lipinski definition) is 4. The van der Waals surface area contributed by atoms with Gasteiger partial charge in [-0.1, -0.05) is 0 Å². The second-order valence-electron chi connectivity index (χ2n) is 3.24. The molecule has 0 atom stereocenters. The van der Waals surface area contributed by atoms with E-state index < -0.39 is 0 Å². The molecule has 16 heavy (non-hydrogen) atoms. The number of hydrogen-bond donors (Lipinski definition) is 2. The first kappa shape index (κ1) is 12.3. The third-order valence-electron chi connectivity index (χ3n) is 2.07. The van der Waals surface area contributed by atoms with Gasteiger partial charge in [0.25, 0.3) is 0 Å². The first-order valence-corrected chi connectivity index (χ1v) is 4.89. The Morgan fingerprint density at radius 1 is 1.44 bits per heavy atom. The van der Waals surface area contributed by atoms with E-state index in [9.17, 15) is 4.79 Å². The molecule has 0 aliphatic carbocycles. The minimum Gasteiger partial charge on any atom is -0.497 e. The molecule has 0 saturated carbocycles. The van der Waals surface area contributed by atoms with Gasteiger partial charge in [-0.3, -0.25) is 4.79 Å². The third kappa shape index (κ3) is 3.43. The molecule has 0 radical (unpaired) electrons. The quantitative estimate of drug-likeness (QED) is 0.738. The predicted molar refractivity (Wildman–Crippen MR) is 62.5 cm³/mol. The second-order valence-corrected chi connectivity index (χ2v) is 3.24. The SMILES string of the molecule is COCCC(=O)Nc1ccc(OC)cc1N. The normalized spacial score (nSPS) is 9.88. The summed E-state index contributed by atoms with van der Waals surface area (Å²) in [6, 6.07) is 5.10. The van der Waals surface area contributed by atoms with Crippen molar-refractivity contribution in [3.8, 4) is 5.75 Å². The average molecular weight is 224 g/mol. The maximum atomic E-state index is 11.4. The number of ether oxygens (including phenoxy) is 2. The van der Waals surface area contributed by atoms with Gasteiger partial charge in [0, 0.05) is 13.2 Å². The van der Waals surface area contributed by atoms with Crippen molar-refractivity contribution in [1.82, 2.24) is 0 Å². The van der Waals surface area contributed by atoms with Gasteiger partial charge in [0.1, 0.15) is 5.75 Å². The molecule has 0 aromatic heterocycles. The molecule has 0 heterocycles. The Morgan fingerprint density at radius 2 is 2.19 bits per heavy atom. The van der Waals surface area contributed by atoms with Crippen LogP contribution in [0.4, 0.5) is 11.4 Å². The number of carbonyl (C=O) groups is 1. The average Bonchev–Trinajstić information content (AvgIpc) is 2.29. The molecule has 1 aromatic rings. The van der Waals surface area contributed by atoms with Crippen LogP contribution >= 0.6 is 0 Å². The van der Waals surface area contributed by atoms with E-state index in [1.165, 1.54) is 0 Å². The van der Waals surface area contributed by atoms with Gasteiger partial charge in [0.15, 0.2) is 0 Å². The molecule has 1 aromatic carbocycles. The van der Waals surface area contributed by atoms with Crippen molar-refractivity contribution in [3.05, 3.63) is 18.2 Å². The summed E-state index contributed by atoms with van der Waals surface area (Å²) in [4.78, 5) is 11.4. The van der Waals surface area contributed by atoms with Crippen LogP contribution in [0.3, 0.4) is 0 Å². The van der Waals surface area contributed by atoms with Crippen molar-refractivity contribution in [3.63, 3.8) is 0 Å². The summed E-state index contributed by atoms with van der Waals surface area (Å²) in [6.45, 7) is 0.391. The molecule has 1 rings (SSSR count). The van der Waals surface area contributed by atoms with Gasteiger partial charge in [-0.25, -0.2) is 0 Å². The molecular weight excluding hydrogens is 208 g/mol. The van der Waals surface area contributed by atoms with E-state index in [0.717, 1.165) is 0 Å². The van der Waals surface area contributed by atoms with Gasteiger partial charge in [0.05, 0.1) is 31.5 Å². The van der Waals surface area contributed by atoms with Crippen molar-refractivity contribution >= 4 is 17.3 Å². The Kier molecular flexibility index (Phi) is 4.60. The summed E-state index contributed by atoms with van der Waals surface area (Å²) in [7, 11) is 3.11. The molecule has 0 aliphatic heterocycles. The van der Waals surface area contributed by atoms with Gasteiger partial charge in [-0.2, -0.15) is 0 Å². The highest BCUT2D eigenvalue weighted by Crippen LogP contribution is 2.23. The summed E-state index contributed by atoms with van der Waals surface area (Å²) in [5.41, 5.74) is 6.81. The fourth-order valence-corrected chi connectivity index (χ4v) is 1.19. The largest absolute Gasteiger partial charge is 0.497 e. The van der Waals surface area contributed by atoms with E-state index >= 15 is 0 Å². The molecule has 88 valence electrons. The molecule has 0 unspecified atom stereocenters. The Morgan fingerprint density at radius 3 is 2.75 bits per heavy atom. The summed E-state index contributed by atoms with van der Waals surface area (Å²) in [5.74, 6) is 0.533. The zero-order valence-corrected chi connectivity index (χ0v) is 9.45. The topological polar surface area (TPSA) is 73.6 Å². The van der Waals surface area contributed by atoms with Gasteiger partial charge in [-0.15, -0.1) is 0 Å². The number of carbonyl (C=O) groups excluding carboxylic acids is 1. The predicted octanol–water partition coefficient (Wildman–Crippen LogP) is 1.25. The van der Waals surface area contributed by atoms with Crippen LogP contribution in [0, 0.1) is 0 Å². The first-order chi connectivity index (χ1) is 7.67. The van der Waals surface area contributed by atoms with E-state index in [1.54, 1.807) is 32.4 Å². The van der Waals surface area contributed by atoms with E-state index in [0.29, 0.717) is 30.2 Å². The smallest absolute Gasteiger partial charge is 0.226 e. The van der Waals surface area contributed by atoms with Crippen molar-refractivity contribution < 1.29 is 14.3 Å². The maximum Gasteiger partial charge on any atom is 0.226 e. The molecule has 0 saturated heterocycles. The fraction of sp³-hybridized carbons (Fsp3) is 0.364. The van der Waals surface area contributed by atoms with Crippen molar-refractivity contribution in [2.75, 3.05) is 31.9 Å². The first-order valence-electron chi connectivity index (χ1n) is 4.89. The zero-order valence-electron chi connectivity index (χ0n) is 9.45. The van der Waals surface area contributed by atoms with Crippen LogP contribution in [0.25, 0.3) is 0 Å². The third-order valence-corrected chi connectivity index (χ3v) is 2.07. The molecule has 0 fully saturated rings. The highest BCUT2D eigenvalue weighted by Gasteiger charge is 2.05. The zero-order chi connectivity index (χ0) is 12.0. The lowest BCUT2D eigenvalue weighted by Gasteiger charge is -2.09. The molecule has 0 aliphatic rings. The molecule has 0 bridgehead atoms. The van der Waals surface area contributed by atoms with Gasteiger partial charge in [0.2, 0.25) is 5.91 Å². The number of methoxy groups -OCH3 is 2. The fourth-order valence-electron chi connectivity index (χ4n) is 1.19. The van der Waals surface area contributed by atoms with E-state index in [2.05, 4.69) is 5.32 Å². The lowest BCUT2D eigenvalue weighted by Crippen LogP contribution is -2.14. The highest BCUT2D eigenvalue weighted by atomic mass is 16.5. The summed E-state index contributed by atoms with van der Waals surface area (Å²) in [6.07, 6.45) is 0.308. The van der Waals surface area contributed by atoms with Crippen molar-refractivity contribution in [1.29, 1.82) is 0 Å². The highest BCUT2D eigenvalue weighted by molar-refractivity contribution is 5.94. The number of amides is 1. The lowest BCUT2D eigenvalue weighted by atomic mass is 10.2. The summed E-state index contributed by atoms with van der Waals surface area (Å²) in [5, 5.41) is 2.70. The number of benzene rings is 1. The molecule has 3 N–H and O–H groups in total. The van der Waals surface area contributed by atoms with Crippen LogP contribution in [-0.2, 0) is 9.53 Å². The van der Waals surface area contributed by atoms with Crippen LogP contribution in [0.15, 0.2) is 18.2 Å². The number of anilines is 2. The Balaban J connectivity index is 2.63. The van der Waals surface area contributed by atoms with Crippen LogP contribution in [0.1, 0.15) is 6.42 Å². The molecule has 5 nitrogen and oxygen atoms in total. The van der Waals surface area contributed by atoms with Crippen molar-refractivity contribution in [2.45, 2.75) is 6.42 Å². The van der Waals surface area contributed by atoms with Crippen LogP contribution in [0.2, 0.25) is 0 Å². The Bertz CT molecular complexity index is 366. The summed E-state index contributed by atoms with van der Waals surface area (Å²) >= 11 is 0. The standard InChI is InChI=1S/C11H16N2O3/c1-15-6-5-11(14)13-10-4-3-8(16-2)7-9(10)12/h3-4,7H,5-6,12H2,1-2H3,(H,13,14). The minimum atomic E-state index is -0.126. The Labute approximate surface area is 94.5 Å². The molecule has 5 heteroatoms. The van der Waals surface area contributed by atoms with Gasteiger partial charge >= 0.3 is 0 Å². The van der Waals surface area contributed by atoms with Gasteiger partial charge in [-0.05, 0) is 12.1 Å². The van der Waals surface area contributed by atoms with Crippen LogP contribution in [0.5, 0.6) is 5.75 Å².